The molecule has 17 heavy (non-hydrogen) atoms. The molecule has 1 aliphatic rings. The van der Waals surface area contributed by atoms with Gasteiger partial charge < -0.3 is 4.98 Å². The van der Waals surface area contributed by atoms with Crippen LogP contribution in [0.1, 0.15) is 37.8 Å². The van der Waals surface area contributed by atoms with Gasteiger partial charge in [-0.1, -0.05) is 19.8 Å². The summed E-state index contributed by atoms with van der Waals surface area (Å²) in [5, 5.41) is 0. The number of hydrogen-bond acceptors (Lipinski definition) is 2. The van der Waals surface area contributed by atoms with Crippen LogP contribution >= 0.6 is 0 Å². The molecule has 2 rings (SSSR count). The first-order chi connectivity index (χ1) is 8.11. The van der Waals surface area contributed by atoms with Crippen LogP contribution in [0.25, 0.3) is 0 Å². The van der Waals surface area contributed by atoms with Crippen LogP contribution in [0.2, 0.25) is 0 Å². The molecule has 1 aliphatic carbocycles. The van der Waals surface area contributed by atoms with E-state index in [1.165, 1.54) is 18.9 Å². The lowest BCUT2D eigenvalue weighted by Gasteiger charge is -2.11. The van der Waals surface area contributed by atoms with E-state index in [4.69, 9.17) is 0 Å². The van der Waals surface area contributed by atoms with Crippen molar-refractivity contribution in [2.45, 2.75) is 38.6 Å². The molecule has 1 aromatic heterocycles. The van der Waals surface area contributed by atoms with Crippen LogP contribution < -0.4 is 11.2 Å². The molecule has 0 spiro atoms. The van der Waals surface area contributed by atoms with E-state index >= 15 is 0 Å². The fraction of sp³-hybridized carbons (Fsp3) is 0.667. The van der Waals surface area contributed by atoms with Gasteiger partial charge >= 0.3 is 5.69 Å². The maximum Gasteiger partial charge on any atom is 0.328 e. The molecule has 94 valence electrons. The fourth-order valence-electron chi connectivity index (χ4n) is 2.08. The number of nitrogens with zero attached hydrogens (tertiary/aromatic N) is 1. The van der Waals surface area contributed by atoms with Crippen molar-refractivity contribution >= 4 is 0 Å². The molecule has 4 nitrogen and oxygen atoms in total. The number of rotatable bonds is 5. The van der Waals surface area contributed by atoms with E-state index in [0.717, 1.165) is 16.9 Å². The largest absolute Gasteiger partial charge is 0.328 e. The number of hydrogen-bond donors (Lipinski definition) is 1. The van der Waals surface area contributed by atoms with Crippen molar-refractivity contribution in [3.63, 3.8) is 0 Å². The molecule has 1 fully saturated rings. The normalized spacial score (nSPS) is 17.1. The zero-order chi connectivity index (χ0) is 12.4. The summed E-state index contributed by atoms with van der Waals surface area (Å²) >= 11 is 0. The standard InChI is InChI=1S/C12H17FN2O2/c1-8(6-9-2-3-9)10-7-11(16)15(5-4-13)12(17)14-10/h7-9H,2-6H2,1H3,(H,14,17). The zero-order valence-electron chi connectivity index (χ0n) is 9.91. The predicted molar refractivity (Wildman–Crippen MR) is 63.1 cm³/mol. The average molecular weight is 240 g/mol. The molecule has 1 N–H and O–H groups in total. The molecule has 5 heteroatoms. The number of halogens is 1. The van der Waals surface area contributed by atoms with Gasteiger partial charge in [-0.15, -0.1) is 0 Å². The molecule has 0 aliphatic heterocycles. The first kappa shape index (κ1) is 12.1. The quantitative estimate of drug-likeness (QED) is 0.846. The van der Waals surface area contributed by atoms with Gasteiger partial charge in [0.05, 0.1) is 6.54 Å². The van der Waals surface area contributed by atoms with Gasteiger partial charge in [-0.05, 0) is 18.3 Å². The molecular formula is C12H17FN2O2. The monoisotopic (exact) mass is 240 g/mol. The molecule has 1 unspecified atom stereocenters. The van der Waals surface area contributed by atoms with E-state index in [1.54, 1.807) is 0 Å². The Labute approximate surface area is 98.5 Å². The minimum absolute atomic E-state index is 0.175. The highest BCUT2D eigenvalue weighted by Gasteiger charge is 2.24. The van der Waals surface area contributed by atoms with Crippen LogP contribution in [0.5, 0.6) is 0 Å². The Morgan fingerprint density at radius 3 is 2.76 bits per heavy atom. The van der Waals surface area contributed by atoms with Crippen molar-refractivity contribution in [3.8, 4) is 0 Å². The fourth-order valence-corrected chi connectivity index (χ4v) is 2.08. The Morgan fingerprint density at radius 1 is 1.53 bits per heavy atom. The van der Waals surface area contributed by atoms with Gasteiger partial charge in [-0.25, -0.2) is 9.18 Å². The smallest absolute Gasteiger partial charge is 0.311 e. The van der Waals surface area contributed by atoms with Crippen molar-refractivity contribution in [3.05, 3.63) is 32.6 Å². The lowest BCUT2D eigenvalue weighted by atomic mass is 10.0. The predicted octanol–water partition coefficient (Wildman–Crippen LogP) is 1.41. The first-order valence-electron chi connectivity index (χ1n) is 6.02. The summed E-state index contributed by atoms with van der Waals surface area (Å²) in [4.78, 5) is 25.9. The van der Waals surface area contributed by atoms with E-state index in [9.17, 15) is 14.0 Å². The molecule has 1 saturated carbocycles. The minimum atomic E-state index is -0.708. The Balaban J connectivity index is 2.24. The highest BCUT2D eigenvalue weighted by atomic mass is 19.1. The summed E-state index contributed by atoms with van der Waals surface area (Å²) in [6.45, 7) is 1.12. The molecule has 0 amide bonds. The SMILES string of the molecule is CC(CC1CC1)c1cc(=O)n(CCF)c(=O)[nH]1. The van der Waals surface area contributed by atoms with E-state index < -0.39 is 17.9 Å². The molecule has 0 radical (unpaired) electrons. The summed E-state index contributed by atoms with van der Waals surface area (Å²) in [7, 11) is 0. The molecular weight excluding hydrogens is 223 g/mol. The third-order valence-corrected chi connectivity index (χ3v) is 3.26. The van der Waals surface area contributed by atoms with Crippen LogP contribution in [-0.4, -0.2) is 16.2 Å². The lowest BCUT2D eigenvalue weighted by Crippen LogP contribution is -2.36. The third kappa shape index (κ3) is 2.84. The summed E-state index contributed by atoms with van der Waals surface area (Å²) < 4.78 is 13.1. The number of aromatic nitrogens is 2. The number of nitrogens with one attached hydrogen (secondary N) is 1. The Bertz CT molecular complexity index is 471. The summed E-state index contributed by atoms with van der Waals surface area (Å²) in [5.74, 6) is 0.921. The Kier molecular flexibility index (Phi) is 3.45. The number of alkyl halides is 1. The topological polar surface area (TPSA) is 54.9 Å². The van der Waals surface area contributed by atoms with Crippen molar-refractivity contribution in [1.29, 1.82) is 0 Å². The lowest BCUT2D eigenvalue weighted by molar-refractivity contribution is 0.430. The van der Waals surface area contributed by atoms with Crippen LogP contribution in [0.3, 0.4) is 0 Å². The summed E-state index contributed by atoms with van der Waals surface area (Å²) in [5.41, 5.74) is -0.251. The maximum atomic E-state index is 12.2. The highest BCUT2D eigenvalue weighted by Crippen LogP contribution is 2.37. The van der Waals surface area contributed by atoms with Gasteiger partial charge in [-0.3, -0.25) is 9.36 Å². The molecule has 0 saturated heterocycles. The highest BCUT2D eigenvalue weighted by molar-refractivity contribution is 5.06. The Hall–Kier alpha value is -1.39. The van der Waals surface area contributed by atoms with Crippen LogP contribution in [-0.2, 0) is 6.54 Å². The third-order valence-electron chi connectivity index (χ3n) is 3.26. The molecule has 0 aromatic carbocycles. The van der Waals surface area contributed by atoms with Crippen molar-refractivity contribution < 1.29 is 4.39 Å². The van der Waals surface area contributed by atoms with E-state index in [0.29, 0.717) is 5.69 Å². The van der Waals surface area contributed by atoms with Crippen LogP contribution in [0, 0.1) is 5.92 Å². The van der Waals surface area contributed by atoms with Crippen LogP contribution in [0.4, 0.5) is 4.39 Å². The van der Waals surface area contributed by atoms with Crippen molar-refractivity contribution in [2.75, 3.05) is 6.67 Å². The van der Waals surface area contributed by atoms with E-state index in [-0.39, 0.29) is 12.5 Å². The summed E-state index contributed by atoms with van der Waals surface area (Å²) in [6.07, 6.45) is 3.49. The molecule has 0 bridgehead atoms. The van der Waals surface area contributed by atoms with Gasteiger partial charge in [0.15, 0.2) is 0 Å². The van der Waals surface area contributed by atoms with Gasteiger partial charge in [0.1, 0.15) is 6.67 Å². The van der Waals surface area contributed by atoms with Gasteiger partial charge in [0.25, 0.3) is 5.56 Å². The number of H-pyrrole nitrogens is 1. The van der Waals surface area contributed by atoms with Gasteiger partial charge in [0.2, 0.25) is 0 Å². The molecule has 1 heterocycles. The molecule has 1 aromatic rings. The van der Waals surface area contributed by atoms with Crippen molar-refractivity contribution in [2.24, 2.45) is 5.92 Å². The Morgan fingerprint density at radius 2 is 2.24 bits per heavy atom. The number of aromatic amines is 1. The summed E-state index contributed by atoms with van der Waals surface area (Å²) in [6, 6.07) is 1.42. The maximum absolute atomic E-state index is 12.2. The van der Waals surface area contributed by atoms with Gasteiger partial charge in [0, 0.05) is 11.8 Å². The second kappa shape index (κ2) is 4.85. The zero-order valence-corrected chi connectivity index (χ0v) is 9.91. The first-order valence-corrected chi connectivity index (χ1v) is 6.02. The van der Waals surface area contributed by atoms with Crippen molar-refractivity contribution in [1.82, 2.24) is 9.55 Å². The van der Waals surface area contributed by atoms with E-state index in [1.807, 2.05) is 6.92 Å². The molecule has 1 atom stereocenters. The van der Waals surface area contributed by atoms with Gasteiger partial charge in [-0.2, -0.15) is 0 Å². The second-order valence-electron chi connectivity index (χ2n) is 4.79. The van der Waals surface area contributed by atoms with Crippen LogP contribution in [0.15, 0.2) is 15.7 Å². The minimum Gasteiger partial charge on any atom is -0.311 e. The van der Waals surface area contributed by atoms with E-state index in [2.05, 4.69) is 4.98 Å². The second-order valence-corrected chi connectivity index (χ2v) is 4.79. The average Bonchev–Trinajstić information content (AvgIpc) is 3.07.